The molecule has 22 heavy (non-hydrogen) atoms. The van der Waals surface area contributed by atoms with Gasteiger partial charge in [0.1, 0.15) is 0 Å². The molecule has 0 radical (unpaired) electrons. The Hall–Kier alpha value is -1.81. The molecule has 0 aliphatic carbocycles. The predicted octanol–water partition coefficient (Wildman–Crippen LogP) is 3.43. The Morgan fingerprint density at radius 3 is 3.05 bits per heavy atom. The number of aromatic amines is 1. The number of nitrogens with zero attached hydrogens (tertiary/aromatic N) is 1. The van der Waals surface area contributed by atoms with Crippen LogP contribution in [-0.4, -0.2) is 35.5 Å². The normalized spacial score (nSPS) is 17.7. The van der Waals surface area contributed by atoms with Gasteiger partial charge in [-0.2, -0.15) is 0 Å². The standard InChI is InChI=1S/C18H24N2O2/c1-3-22-12-6-9-17(21)20-11-10-15-14-7-4-5-8-16(14)19-18(15)13(20)2/h4-5,7-8,13,19H,3,6,9-12H2,1-2H3/t13-/m1/s1. The number of ether oxygens (including phenoxy) is 1. The SMILES string of the molecule is CCOCCCC(=O)N1CCc2c([nH]c3ccccc23)[C@H]1C. The highest BCUT2D eigenvalue weighted by Gasteiger charge is 2.29. The third-order valence-electron chi connectivity index (χ3n) is 4.54. The number of hydrogen-bond acceptors (Lipinski definition) is 2. The van der Waals surface area contributed by atoms with Crippen molar-refractivity contribution in [1.82, 2.24) is 9.88 Å². The predicted molar refractivity (Wildman–Crippen MR) is 87.9 cm³/mol. The molecule has 0 saturated carbocycles. The molecule has 0 bridgehead atoms. The average Bonchev–Trinajstić information content (AvgIpc) is 2.91. The zero-order valence-corrected chi connectivity index (χ0v) is 13.4. The minimum Gasteiger partial charge on any atom is -0.382 e. The van der Waals surface area contributed by atoms with Gasteiger partial charge in [0.2, 0.25) is 5.91 Å². The van der Waals surface area contributed by atoms with E-state index in [9.17, 15) is 4.79 Å². The number of carbonyl (C=O) groups is 1. The van der Waals surface area contributed by atoms with Gasteiger partial charge in [-0.3, -0.25) is 4.79 Å². The van der Waals surface area contributed by atoms with Crippen molar-refractivity contribution in [2.24, 2.45) is 0 Å². The van der Waals surface area contributed by atoms with E-state index in [1.165, 1.54) is 22.2 Å². The fraction of sp³-hybridized carbons (Fsp3) is 0.500. The molecule has 2 heterocycles. The largest absolute Gasteiger partial charge is 0.382 e. The van der Waals surface area contributed by atoms with Crippen molar-refractivity contribution in [2.75, 3.05) is 19.8 Å². The van der Waals surface area contributed by atoms with Crippen LogP contribution in [0.5, 0.6) is 0 Å². The summed E-state index contributed by atoms with van der Waals surface area (Å²) in [5.41, 5.74) is 3.75. The Labute approximate surface area is 131 Å². The lowest BCUT2D eigenvalue weighted by Crippen LogP contribution is -2.38. The van der Waals surface area contributed by atoms with Crippen LogP contribution in [0.3, 0.4) is 0 Å². The van der Waals surface area contributed by atoms with Gasteiger partial charge in [0.25, 0.3) is 0 Å². The number of amides is 1. The van der Waals surface area contributed by atoms with Gasteiger partial charge in [-0.05, 0) is 38.3 Å². The maximum absolute atomic E-state index is 12.5. The molecule has 1 aliphatic rings. The molecule has 1 aliphatic heterocycles. The quantitative estimate of drug-likeness (QED) is 0.860. The molecule has 118 valence electrons. The van der Waals surface area contributed by atoms with Crippen LogP contribution in [-0.2, 0) is 16.0 Å². The van der Waals surface area contributed by atoms with E-state index >= 15 is 0 Å². The highest BCUT2D eigenvalue weighted by molar-refractivity contribution is 5.86. The van der Waals surface area contributed by atoms with Crippen LogP contribution in [0, 0.1) is 0 Å². The number of aromatic nitrogens is 1. The maximum atomic E-state index is 12.5. The molecule has 1 amide bonds. The summed E-state index contributed by atoms with van der Waals surface area (Å²) in [5.74, 6) is 0.233. The van der Waals surface area contributed by atoms with Crippen LogP contribution in [0.15, 0.2) is 24.3 Å². The van der Waals surface area contributed by atoms with Crippen LogP contribution in [0.25, 0.3) is 10.9 Å². The molecule has 4 heteroatoms. The van der Waals surface area contributed by atoms with E-state index < -0.39 is 0 Å². The van der Waals surface area contributed by atoms with Crippen molar-refractivity contribution in [3.8, 4) is 0 Å². The number of hydrogen-bond donors (Lipinski definition) is 1. The third kappa shape index (κ3) is 2.75. The number of rotatable bonds is 5. The van der Waals surface area contributed by atoms with E-state index in [0.717, 1.165) is 19.4 Å². The van der Waals surface area contributed by atoms with E-state index in [1.807, 2.05) is 17.9 Å². The highest BCUT2D eigenvalue weighted by atomic mass is 16.5. The van der Waals surface area contributed by atoms with Crippen LogP contribution >= 0.6 is 0 Å². The highest BCUT2D eigenvalue weighted by Crippen LogP contribution is 2.34. The first kappa shape index (κ1) is 15.1. The molecule has 4 nitrogen and oxygen atoms in total. The Morgan fingerprint density at radius 1 is 1.41 bits per heavy atom. The van der Waals surface area contributed by atoms with Crippen LogP contribution in [0.1, 0.15) is 44.0 Å². The Balaban J connectivity index is 1.73. The Bertz CT molecular complexity index is 662. The molecule has 0 fully saturated rings. The summed E-state index contributed by atoms with van der Waals surface area (Å²) >= 11 is 0. The van der Waals surface area contributed by atoms with Crippen molar-refractivity contribution in [2.45, 2.75) is 39.2 Å². The van der Waals surface area contributed by atoms with Gasteiger partial charge in [-0.15, -0.1) is 0 Å². The van der Waals surface area contributed by atoms with Crippen molar-refractivity contribution >= 4 is 16.8 Å². The van der Waals surface area contributed by atoms with E-state index in [4.69, 9.17) is 4.74 Å². The molecular formula is C18H24N2O2. The Kier molecular flexibility index (Phi) is 4.48. The Morgan fingerprint density at radius 2 is 2.23 bits per heavy atom. The third-order valence-corrected chi connectivity index (χ3v) is 4.54. The van der Waals surface area contributed by atoms with Gasteiger partial charge < -0.3 is 14.6 Å². The van der Waals surface area contributed by atoms with E-state index in [-0.39, 0.29) is 11.9 Å². The summed E-state index contributed by atoms with van der Waals surface area (Å²) in [6.45, 7) is 6.29. The van der Waals surface area contributed by atoms with Crippen LogP contribution in [0.4, 0.5) is 0 Å². The van der Waals surface area contributed by atoms with Crippen LogP contribution in [0.2, 0.25) is 0 Å². The number of H-pyrrole nitrogens is 1. The number of para-hydroxylation sites is 1. The average molecular weight is 300 g/mol. The topological polar surface area (TPSA) is 45.3 Å². The fourth-order valence-electron chi connectivity index (χ4n) is 3.38. The molecule has 3 rings (SSSR count). The summed E-state index contributed by atoms with van der Waals surface area (Å²) in [6.07, 6.45) is 2.30. The van der Waals surface area contributed by atoms with Crippen molar-refractivity contribution in [1.29, 1.82) is 0 Å². The number of nitrogens with one attached hydrogen (secondary N) is 1. The van der Waals surface area contributed by atoms with Gasteiger partial charge in [-0.25, -0.2) is 0 Å². The zero-order valence-electron chi connectivity index (χ0n) is 13.4. The van der Waals surface area contributed by atoms with Gasteiger partial charge in [0.15, 0.2) is 0 Å². The number of benzene rings is 1. The van der Waals surface area contributed by atoms with Gasteiger partial charge in [0.05, 0.1) is 6.04 Å². The van der Waals surface area contributed by atoms with Crippen molar-refractivity contribution < 1.29 is 9.53 Å². The first-order valence-corrected chi connectivity index (χ1v) is 8.19. The summed E-state index contributed by atoms with van der Waals surface area (Å²) in [7, 11) is 0. The van der Waals surface area contributed by atoms with E-state index in [0.29, 0.717) is 19.6 Å². The van der Waals surface area contributed by atoms with E-state index in [2.05, 4.69) is 30.1 Å². The lowest BCUT2D eigenvalue weighted by atomic mass is 9.98. The maximum Gasteiger partial charge on any atom is 0.223 e. The molecular weight excluding hydrogens is 276 g/mol. The lowest BCUT2D eigenvalue weighted by Gasteiger charge is -2.33. The second kappa shape index (κ2) is 6.53. The van der Waals surface area contributed by atoms with Crippen molar-refractivity contribution in [3.63, 3.8) is 0 Å². The monoisotopic (exact) mass is 300 g/mol. The molecule has 0 spiro atoms. The molecule has 1 aromatic carbocycles. The van der Waals surface area contributed by atoms with Crippen molar-refractivity contribution in [3.05, 3.63) is 35.5 Å². The first-order chi connectivity index (χ1) is 10.7. The molecule has 1 N–H and O–H groups in total. The molecule has 0 saturated heterocycles. The summed E-state index contributed by atoms with van der Waals surface area (Å²) in [4.78, 5) is 18.0. The summed E-state index contributed by atoms with van der Waals surface area (Å²) in [5, 5.41) is 1.30. The summed E-state index contributed by atoms with van der Waals surface area (Å²) in [6, 6.07) is 8.51. The number of fused-ring (bicyclic) bond motifs is 3. The minimum absolute atomic E-state index is 0.121. The number of carbonyl (C=O) groups excluding carboxylic acids is 1. The molecule has 1 aromatic heterocycles. The van der Waals surface area contributed by atoms with Gasteiger partial charge in [0, 0.05) is 42.8 Å². The zero-order chi connectivity index (χ0) is 15.5. The van der Waals surface area contributed by atoms with Crippen LogP contribution < -0.4 is 0 Å². The first-order valence-electron chi connectivity index (χ1n) is 8.19. The minimum atomic E-state index is 0.121. The second-order valence-electron chi connectivity index (χ2n) is 5.88. The molecule has 0 unspecified atom stereocenters. The fourth-order valence-corrected chi connectivity index (χ4v) is 3.38. The van der Waals surface area contributed by atoms with E-state index in [1.54, 1.807) is 0 Å². The summed E-state index contributed by atoms with van der Waals surface area (Å²) < 4.78 is 5.32. The second-order valence-corrected chi connectivity index (χ2v) is 5.88. The molecule has 2 aromatic rings. The van der Waals surface area contributed by atoms with Gasteiger partial charge >= 0.3 is 0 Å². The lowest BCUT2D eigenvalue weighted by molar-refractivity contribution is -0.134. The molecule has 1 atom stereocenters. The smallest absolute Gasteiger partial charge is 0.223 e. The van der Waals surface area contributed by atoms with Gasteiger partial charge in [-0.1, -0.05) is 18.2 Å².